The zero-order valence-corrected chi connectivity index (χ0v) is 15.5. The highest BCUT2D eigenvalue weighted by Gasteiger charge is 2.17. The van der Waals surface area contributed by atoms with Crippen LogP contribution in [-0.2, 0) is 0 Å². The Morgan fingerprint density at radius 2 is 1.74 bits per heavy atom. The second-order valence-electron chi connectivity index (χ2n) is 6.40. The molecule has 0 unspecified atom stereocenters. The van der Waals surface area contributed by atoms with Gasteiger partial charge in [0, 0.05) is 11.8 Å². The molecular weight excluding hydrogens is 336 g/mol. The third kappa shape index (κ3) is 3.19. The standard InChI is InChI=1S/C22H20N4O/c1-15-11-12-16(2)18(14-15)24-25-22-21(17-8-4-5-9-19(17)27-3)23-20-10-6-7-13-26(20)22/h4-14H,1-3H3. The number of aryl methyl sites for hydroxylation is 2. The van der Waals surface area contributed by atoms with Crippen LogP contribution in [0.3, 0.4) is 0 Å². The molecule has 134 valence electrons. The number of hydrogen-bond acceptors (Lipinski definition) is 4. The smallest absolute Gasteiger partial charge is 0.187 e. The van der Waals surface area contributed by atoms with Gasteiger partial charge in [-0.2, -0.15) is 0 Å². The molecule has 0 saturated heterocycles. The fraction of sp³-hybridized carbons (Fsp3) is 0.136. The summed E-state index contributed by atoms with van der Waals surface area (Å²) >= 11 is 0. The van der Waals surface area contributed by atoms with E-state index in [1.165, 1.54) is 0 Å². The molecule has 0 radical (unpaired) electrons. The van der Waals surface area contributed by atoms with Crippen LogP contribution in [0.1, 0.15) is 11.1 Å². The molecule has 2 aromatic carbocycles. The lowest BCUT2D eigenvalue weighted by molar-refractivity contribution is 0.416. The third-order valence-electron chi connectivity index (χ3n) is 4.48. The van der Waals surface area contributed by atoms with E-state index in [0.29, 0.717) is 5.82 Å². The van der Waals surface area contributed by atoms with Crippen molar-refractivity contribution in [3.05, 3.63) is 78.0 Å². The van der Waals surface area contributed by atoms with Crippen molar-refractivity contribution in [2.24, 2.45) is 10.2 Å². The molecule has 5 heteroatoms. The number of rotatable bonds is 4. The molecular formula is C22H20N4O. The van der Waals surface area contributed by atoms with Gasteiger partial charge in [-0.1, -0.05) is 30.3 Å². The molecule has 0 bridgehead atoms. The Bertz CT molecular complexity index is 1140. The van der Waals surface area contributed by atoms with Gasteiger partial charge in [-0.15, -0.1) is 10.2 Å². The topological polar surface area (TPSA) is 51.2 Å². The quantitative estimate of drug-likeness (QED) is 0.418. The molecule has 0 N–H and O–H groups in total. The lowest BCUT2D eigenvalue weighted by Gasteiger charge is -2.06. The zero-order chi connectivity index (χ0) is 18.8. The van der Waals surface area contributed by atoms with Crippen molar-refractivity contribution in [3.8, 4) is 17.0 Å². The Labute approximate surface area is 158 Å². The minimum absolute atomic E-state index is 0.677. The molecule has 0 amide bonds. The summed E-state index contributed by atoms with van der Waals surface area (Å²) in [5.41, 5.74) is 5.53. The number of benzene rings is 2. The number of aromatic nitrogens is 2. The average molecular weight is 356 g/mol. The number of imidazole rings is 1. The molecule has 4 rings (SSSR count). The maximum Gasteiger partial charge on any atom is 0.187 e. The predicted molar refractivity (Wildman–Crippen MR) is 107 cm³/mol. The molecule has 0 aliphatic rings. The monoisotopic (exact) mass is 356 g/mol. The molecule has 0 atom stereocenters. The van der Waals surface area contributed by atoms with Crippen LogP contribution in [0.25, 0.3) is 16.9 Å². The first-order valence-electron chi connectivity index (χ1n) is 8.77. The number of nitrogens with zero attached hydrogens (tertiary/aromatic N) is 4. The number of para-hydroxylation sites is 1. The van der Waals surface area contributed by atoms with Gasteiger partial charge in [0.1, 0.15) is 17.1 Å². The Kier molecular flexibility index (Phi) is 4.42. The van der Waals surface area contributed by atoms with E-state index >= 15 is 0 Å². The molecule has 2 heterocycles. The van der Waals surface area contributed by atoms with Crippen molar-refractivity contribution >= 4 is 17.2 Å². The average Bonchev–Trinajstić information content (AvgIpc) is 3.07. The lowest BCUT2D eigenvalue weighted by Crippen LogP contribution is -1.88. The van der Waals surface area contributed by atoms with Crippen LogP contribution in [0, 0.1) is 13.8 Å². The second-order valence-corrected chi connectivity index (χ2v) is 6.40. The highest BCUT2D eigenvalue weighted by atomic mass is 16.5. The van der Waals surface area contributed by atoms with Gasteiger partial charge in [-0.3, -0.25) is 4.40 Å². The van der Waals surface area contributed by atoms with Crippen molar-refractivity contribution in [2.45, 2.75) is 13.8 Å². The Morgan fingerprint density at radius 3 is 2.59 bits per heavy atom. The number of pyridine rings is 1. The van der Waals surface area contributed by atoms with E-state index < -0.39 is 0 Å². The molecule has 0 spiro atoms. The summed E-state index contributed by atoms with van der Waals surface area (Å²) in [7, 11) is 1.66. The van der Waals surface area contributed by atoms with Gasteiger partial charge >= 0.3 is 0 Å². The van der Waals surface area contributed by atoms with Crippen LogP contribution >= 0.6 is 0 Å². The first-order chi connectivity index (χ1) is 13.2. The van der Waals surface area contributed by atoms with E-state index in [2.05, 4.69) is 22.4 Å². The first-order valence-corrected chi connectivity index (χ1v) is 8.77. The van der Waals surface area contributed by atoms with Crippen LogP contribution in [-0.4, -0.2) is 16.5 Å². The maximum atomic E-state index is 5.53. The molecule has 5 nitrogen and oxygen atoms in total. The van der Waals surface area contributed by atoms with Crippen LogP contribution < -0.4 is 4.74 Å². The fourth-order valence-corrected chi connectivity index (χ4v) is 3.03. The van der Waals surface area contributed by atoms with Crippen LogP contribution in [0.5, 0.6) is 5.75 Å². The van der Waals surface area contributed by atoms with Crippen molar-refractivity contribution in [1.82, 2.24) is 9.38 Å². The summed E-state index contributed by atoms with van der Waals surface area (Å²) in [6.07, 6.45) is 1.94. The van der Waals surface area contributed by atoms with E-state index in [1.54, 1.807) is 7.11 Å². The van der Waals surface area contributed by atoms with E-state index in [1.807, 2.05) is 73.0 Å². The van der Waals surface area contributed by atoms with Gasteiger partial charge in [-0.05, 0) is 55.3 Å². The van der Waals surface area contributed by atoms with Gasteiger partial charge in [-0.25, -0.2) is 4.98 Å². The molecule has 0 aliphatic heterocycles. The molecule has 27 heavy (non-hydrogen) atoms. The Morgan fingerprint density at radius 1 is 0.926 bits per heavy atom. The SMILES string of the molecule is COc1ccccc1-c1nc2ccccn2c1N=Nc1cc(C)ccc1C. The highest BCUT2D eigenvalue weighted by Crippen LogP contribution is 2.37. The summed E-state index contributed by atoms with van der Waals surface area (Å²) < 4.78 is 7.47. The minimum atomic E-state index is 0.677. The fourth-order valence-electron chi connectivity index (χ4n) is 3.03. The zero-order valence-electron chi connectivity index (χ0n) is 15.5. The Hall–Kier alpha value is -3.47. The molecule has 0 fully saturated rings. The molecule has 0 saturated carbocycles. The normalized spacial score (nSPS) is 11.4. The van der Waals surface area contributed by atoms with Crippen LogP contribution in [0.15, 0.2) is 77.1 Å². The Balaban J connectivity index is 1.91. The predicted octanol–water partition coefficient (Wildman–Crippen LogP) is 6.04. The van der Waals surface area contributed by atoms with E-state index in [4.69, 9.17) is 9.72 Å². The first kappa shape index (κ1) is 17.0. The van der Waals surface area contributed by atoms with Crippen molar-refractivity contribution in [3.63, 3.8) is 0 Å². The summed E-state index contributed by atoms with van der Waals surface area (Å²) in [5, 5.41) is 9.11. The van der Waals surface area contributed by atoms with Crippen LogP contribution in [0.2, 0.25) is 0 Å². The van der Waals surface area contributed by atoms with E-state index in [0.717, 1.165) is 39.5 Å². The molecule has 0 aliphatic carbocycles. The maximum absolute atomic E-state index is 5.53. The summed E-state index contributed by atoms with van der Waals surface area (Å²) in [6.45, 7) is 4.08. The summed E-state index contributed by atoms with van der Waals surface area (Å²) in [6, 6.07) is 19.8. The highest BCUT2D eigenvalue weighted by molar-refractivity contribution is 5.78. The second kappa shape index (κ2) is 7.03. The van der Waals surface area contributed by atoms with Gasteiger partial charge in [0.05, 0.1) is 12.8 Å². The summed E-state index contributed by atoms with van der Waals surface area (Å²) in [4.78, 5) is 4.77. The van der Waals surface area contributed by atoms with Gasteiger partial charge < -0.3 is 4.74 Å². The number of methoxy groups -OCH3 is 1. The molecule has 2 aromatic heterocycles. The lowest BCUT2D eigenvalue weighted by atomic mass is 10.1. The van der Waals surface area contributed by atoms with Crippen molar-refractivity contribution in [1.29, 1.82) is 0 Å². The number of azo groups is 1. The van der Waals surface area contributed by atoms with Gasteiger partial charge in [0.15, 0.2) is 5.82 Å². The van der Waals surface area contributed by atoms with Gasteiger partial charge in [0.25, 0.3) is 0 Å². The number of hydrogen-bond donors (Lipinski definition) is 0. The molecule has 4 aromatic rings. The number of fused-ring (bicyclic) bond motifs is 1. The van der Waals surface area contributed by atoms with E-state index in [-0.39, 0.29) is 0 Å². The minimum Gasteiger partial charge on any atom is -0.496 e. The summed E-state index contributed by atoms with van der Waals surface area (Å²) in [5.74, 6) is 1.43. The van der Waals surface area contributed by atoms with Crippen molar-refractivity contribution in [2.75, 3.05) is 7.11 Å². The largest absolute Gasteiger partial charge is 0.496 e. The van der Waals surface area contributed by atoms with Crippen LogP contribution in [0.4, 0.5) is 11.5 Å². The van der Waals surface area contributed by atoms with E-state index in [9.17, 15) is 0 Å². The van der Waals surface area contributed by atoms with Crippen molar-refractivity contribution < 1.29 is 4.74 Å². The third-order valence-corrected chi connectivity index (χ3v) is 4.48. The van der Waals surface area contributed by atoms with Gasteiger partial charge in [0.2, 0.25) is 0 Å². The number of ether oxygens (including phenoxy) is 1.